The third kappa shape index (κ3) is 4.81. The van der Waals surface area contributed by atoms with Gasteiger partial charge in [0.15, 0.2) is 0 Å². The molecular formula is C14H26O. The molecule has 1 rings (SSSR count). The molecule has 0 saturated heterocycles. The van der Waals surface area contributed by atoms with Crippen molar-refractivity contribution in [3.8, 4) is 0 Å². The topological polar surface area (TPSA) is 17.1 Å². The van der Waals surface area contributed by atoms with Crippen LogP contribution in [0.3, 0.4) is 0 Å². The number of carbonyl (C=O) groups excluding carboxylic acids is 1. The Balaban J connectivity index is 2.08. The Labute approximate surface area is 94.6 Å². The van der Waals surface area contributed by atoms with Gasteiger partial charge in [-0.15, -0.1) is 0 Å². The summed E-state index contributed by atoms with van der Waals surface area (Å²) in [6, 6.07) is 0. The van der Waals surface area contributed by atoms with Crippen LogP contribution < -0.4 is 0 Å². The van der Waals surface area contributed by atoms with Crippen LogP contribution in [-0.2, 0) is 4.79 Å². The van der Waals surface area contributed by atoms with Gasteiger partial charge in [-0.05, 0) is 18.3 Å². The van der Waals surface area contributed by atoms with Gasteiger partial charge in [0.05, 0.1) is 0 Å². The molecule has 0 bridgehead atoms. The van der Waals surface area contributed by atoms with Crippen LogP contribution >= 0.6 is 0 Å². The molecule has 0 atom stereocenters. The van der Waals surface area contributed by atoms with Gasteiger partial charge in [0.2, 0.25) is 0 Å². The first-order chi connectivity index (χ1) is 7.09. The van der Waals surface area contributed by atoms with Crippen molar-refractivity contribution in [3.63, 3.8) is 0 Å². The quantitative estimate of drug-likeness (QED) is 0.664. The predicted octanol–water partition coefficient (Wildman–Crippen LogP) is 4.21. The summed E-state index contributed by atoms with van der Waals surface area (Å²) in [5.74, 6) is 2.54. The monoisotopic (exact) mass is 210 g/mol. The van der Waals surface area contributed by atoms with E-state index in [1.807, 2.05) is 13.8 Å². The molecule has 15 heavy (non-hydrogen) atoms. The van der Waals surface area contributed by atoms with E-state index in [1.165, 1.54) is 32.1 Å². The highest BCUT2D eigenvalue weighted by Gasteiger charge is 2.18. The third-order valence-corrected chi connectivity index (χ3v) is 3.81. The Morgan fingerprint density at radius 2 is 1.80 bits per heavy atom. The van der Waals surface area contributed by atoms with Crippen molar-refractivity contribution in [3.05, 3.63) is 0 Å². The van der Waals surface area contributed by atoms with E-state index in [-0.39, 0.29) is 5.92 Å². The van der Waals surface area contributed by atoms with E-state index in [1.54, 1.807) is 0 Å². The van der Waals surface area contributed by atoms with Crippen LogP contribution in [0.5, 0.6) is 0 Å². The highest BCUT2D eigenvalue weighted by Crippen LogP contribution is 2.31. The molecule has 0 aromatic carbocycles. The van der Waals surface area contributed by atoms with Crippen LogP contribution in [0, 0.1) is 17.8 Å². The lowest BCUT2D eigenvalue weighted by atomic mass is 9.80. The lowest BCUT2D eigenvalue weighted by molar-refractivity contribution is -0.122. The second kappa shape index (κ2) is 6.30. The van der Waals surface area contributed by atoms with E-state index >= 15 is 0 Å². The summed E-state index contributed by atoms with van der Waals surface area (Å²) in [4.78, 5) is 11.4. The van der Waals surface area contributed by atoms with Crippen LogP contribution in [-0.4, -0.2) is 5.78 Å². The van der Waals surface area contributed by atoms with Crippen molar-refractivity contribution in [2.24, 2.45) is 17.8 Å². The molecule has 0 aromatic rings. The second-order valence-electron chi connectivity index (χ2n) is 5.64. The lowest BCUT2D eigenvalue weighted by Crippen LogP contribution is -2.13. The molecule has 1 fully saturated rings. The lowest BCUT2D eigenvalue weighted by Gasteiger charge is -2.25. The highest BCUT2D eigenvalue weighted by molar-refractivity contribution is 5.80. The van der Waals surface area contributed by atoms with Crippen molar-refractivity contribution in [1.29, 1.82) is 0 Å². The molecule has 1 aliphatic rings. The maximum Gasteiger partial charge on any atom is 0.135 e. The van der Waals surface area contributed by atoms with Gasteiger partial charge in [-0.2, -0.15) is 0 Å². The summed E-state index contributed by atoms with van der Waals surface area (Å²) in [5.41, 5.74) is 0. The molecule has 88 valence electrons. The Hall–Kier alpha value is -0.330. The van der Waals surface area contributed by atoms with Gasteiger partial charge in [-0.25, -0.2) is 0 Å². The first kappa shape index (κ1) is 12.7. The number of Topliss-reactive ketones (excluding diaryl/α,β-unsaturated/α-hetero) is 1. The molecule has 1 saturated carbocycles. The van der Waals surface area contributed by atoms with Gasteiger partial charge in [-0.3, -0.25) is 4.79 Å². The summed E-state index contributed by atoms with van der Waals surface area (Å²) < 4.78 is 0. The summed E-state index contributed by atoms with van der Waals surface area (Å²) >= 11 is 0. The average molecular weight is 210 g/mol. The largest absolute Gasteiger partial charge is 0.299 e. The number of carbonyl (C=O) groups is 1. The number of ketones is 1. The van der Waals surface area contributed by atoms with Crippen molar-refractivity contribution in [1.82, 2.24) is 0 Å². The van der Waals surface area contributed by atoms with Gasteiger partial charge in [0.1, 0.15) is 5.78 Å². The molecule has 0 aliphatic heterocycles. The minimum Gasteiger partial charge on any atom is -0.299 e. The normalized spacial score (nSPS) is 26.9. The molecule has 1 nitrogen and oxygen atoms in total. The fourth-order valence-electron chi connectivity index (χ4n) is 2.47. The van der Waals surface area contributed by atoms with Gasteiger partial charge < -0.3 is 0 Å². The Morgan fingerprint density at radius 1 is 1.20 bits per heavy atom. The molecular weight excluding hydrogens is 184 g/mol. The van der Waals surface area contributed by atoms with Gasteiger partial charge in [-0.1, -0.05) is 52.9 Å². The predicted molar refractivity (Wildman–Crippen MR) is 64.8 cm³/mol. The fraction of sp³-hybridized carbons (Fsp3) is 0.929. The second-order valence-corrected chi connectivity index (χ2v) is 5.64. The van der Waals surface area contributed by atoms with Crippen LogP contribution in [0.4, 0.5) is 0 Å². The summed E-state index contributed by atoms with van der Waals surface area (Å²) in [6.07, 6.45) is 8.82. The van der Waals surface area contributed by atoms with Crippen LogP contribution in [0.2, 0.25) is 0 Å². The van der Waals surface area contributed by atoms with Crippen molar-refractivity contribution >= 4 is 5.78 Å². The molecule has 1 heteroatoms. The van der Waals surface area contributed by atoms with Gasteiger partial charge >= 0.3 is 0 Å². The summed E-state index contributed by atoms with van der Waals surface area (Å²) in [7, 11) is 0. The van der Waals surface area contributed by atoms with Gasteiger partial charge in [0, 0.05) is 12.3 Å². The van der Waals surface area contributed by atoms with Crippen molar-refractivity contribution < 1.29 is 4.79 Å². The first-order valence-corrected chi connectivity index (χ1v) is 6.62. The van der Waals surface area contributed by atoms with E-state index in [9.17, 15) is 4.79 Å². The highest BCUT2D eigenvalue weighted by atomic mass is 16.1. The van der Waals surface area contributed by atoms with E-state index in [4.69, 9.17) is 0 Å². The first-order valence-electron chi connectivity index (χ1n) is 6.62. The van der Waals surface area contributed by atoms with E-state index in [0.717, 1.165) is 24.7 Å². The molecule has 0 radical (unpaired) electrons. The Morgan fingerprint density at radius 3 is 2.33 bits per heavy atom. The van der Waals surface area contributed by atoms with Crippen molar-refractivity contribution in [2.75, 3.05) is 0 Å². The third-order valence-electron chi connectivity index (χ3n) is 3.81. The average Bonchev–Trinajstić information content (AvgIpc) is 2.20. The molecule has 0 N–H and O–H groups in total. The number of hydrogen-bond acceptors (Lipinski definition) is 1. The maximum atomic E-state index is 11.4. The van der Waals surface area contributed by atoms with Crippen LogP contribution in [0.15, 0.2) is 0 Å². The van der Waals surface area contributed by atoms with E-state index in [2.05, 4.69) is 6.92 Å². The molecule has 0 amide bonds. The summed E-state index contributed by atoms with van der Waals surface area (Å²) in [5, 5.41) is 0. The molecule has 0 unspecified atom stereocenters. The summed E-state index contributed by atoms with van der Waals surface area (Å²) in [6.45, 7) is 6.37. The zero-order chi connectivity index (χ0) is 11.3. The number of rotatable bonds is 5. The van der Waals surface area contributed by atoms with Gasteiger partial charge in [0.25, 0.3) is 0 Å². The number of hydrogen-bond donors (Lipinski definition) is 0. The zero-order valence-corrected chi connectivity index (χ0v) is 10.6. The SMILES string of the molecule is CC1CCC(CCCC(=O)C(C)C)CC1. The molecule has 0 spiro atoms. The molecule has 1 aliphatic carbocycles. The molecule has 0 aromatic heterocycles. The van der Waals surface area contributed by atoms with E-state index in [0.29, 0.717) is 5.78 Å². The fourth-order valence-corrected chi connectivity index (χ4v) is 2.47. The zero-order valence-electron chi connectivity index (χ0n) is 10.6. The minimum atomic E-state index is 0.233. The van der Waals surface area contributed by atoms with Crippen LogP contribution in [0.1, 0.15) is 65.7 Å². The standard InChI is InChI=1S/C14H26O/c1-11(2)14(15)6-4-5-13-9-7-12(3)8-10-13/h11-13H,4-10H2,1-3H3. The van der Waals surface area contributed by atoms with Crippen molar-refractivity contribution in [2.45, 2.75) is 65.7 Å². The van der Waals surface area contributed by atoms with E-state index < -0.39 is 0 Å². The molecule has 0 heterocycles. The Kier molecular flexibility index (Phi) is 5.35. The Bertz CT molecular complexity index is 188. The minimum absolute atomic E-state index is 0.233. The van der Waals surface area contributed by atoms with Crippen LogP contribution in [0.25, 0.3) is 0 Å². The maximum absolute atomic E-state index is 11.4. The smallest absolute Gasteiger partial charge is 0.135 e.